The molecule has 180 valence electrons. The summed E-state index contributed by atoms with van der Waals surface area (Å²) in [6.45, 7) is 8.13. The van der Waals surface area contributed by atoms with E-state index in [4.69, 9.17) is 9.47 Å². The van der Waals surface area contributed by atoms with Crippen molar-refractivity contribution in [2.45, 2.75) is 52.6 Å². The third-order valence-corrected chi connectivity index (χ3v) is 6.48. The summed E-state index contributed by atoms with van der Waals surface area (Å²) in [5.74, 6) is -0.363. The second-order valence-electron chi connectivity index (χ2n) is 7.91. The van der Waals surface area contributed by atoms with Gasteiger partial charge in [0.1, 0.15) is 0 Å². The minimum atomic E-state index is -1.06. The summed E-state index contributed by atoms with van der Waals surface area (Å²) in [7, 11) is 0. The molecule has 0 spiro atoms. The molecule has 7 nitrogen and oxygen atoms in total. The molecule has 2 aromatic rings. The maximum absolute atomic E-state index is 13.0. The number of nitrogens with zero attached hydrogens (tertiary/aromatic N) is 1. The van der Waals surface area contributed by atoms with E-state index in [1.165, 1.54) is 4.90 Å². The predicted octanol–water partition coefficient (Wildman–Crippen LogP) is 6.08. The van der Waals surface area contributed by atoms with E-state index in [0.29, 0.717) is 46.6 Å². The van der Waals surface area contributed by atoms with Crippen LogP contribution in [0.4, 0.5) is 10.5 Å². The zero-order chi connectivity index (χ0) is 24.8. The van der Waals surface area contributed by atoms with Crippen LogP contribution in [0.2, 0.25) is 0 Å². The van der Waals surface area contributed by atoms with Gasteiger partial charge in [-0.2, -0.15) is 0 Å². The average molecular weight is 484 g/mol. The fourth-order valence-electron chi connectivity index (χ4n) is 3.47. The maximum Gasteiger partial charge on any atom is 0.344 e. The van der Waals surface area contributed by atoms with Gasteiger partial charge >= 0.3 is 5.97 Å². The Balaban J connectivity index is 1.85. The first-order chi connectivity index (χ1) is 16.3. The lowest BCUT2D eigenvalue weighted by Crippen LogP contribution is -2.27. The van der Waals surface area contributed by atoms with Crippen molar-refractivity contribution >= 4 is 40.6 Å². The number of hydrogen-bond donors (Lipinski definition) is 1. The lowest BCUT2D eigenvalue weighted by molar-refractivity contribution is -0.145. The Morgan fingerprint density at radius 1 is 1.06 bits per heavy atom. The summed E-state index contributed by atoms with van der Waals surface area (Å²) in [6, 6.07) is 12.5. The fraction of sp³-hybridized carbons (Fsp3) is 0.346. The number of hydrogen-bond acceptors (Lipinski definition) is 6. The van der Waals surface area contributed by atoms with Gasteiger partial charge in [-0.15, -0.1) is 0 Å². The molecule has 1 heterocycles. The van der Waals surface area contributed by atoms with E-state index in [9.17, 15) is 19.5 Å². The standard InChI is InChI=1S/C26H29NO6S/c1-5-16(4)18-9-11-19(12-10-18)27-24(28)23(34-26(27)31)15-17-8-13-21(22(14-17)32-7-3)33-20(6-2)25(29)30/h8-16,20H,5-7H2,1-4H3,(H,29,30)/b23-15+. The normalized spacial score (nSPS) is 16.6. The summed E-state index contributed by atoms with van der Waals surface area (Å²) < 4.78 is 11.2. The van der Waals surface area contributed by atoms with Gasteiger partial charge in [0.15, 0.2) is 17.6 Å². The first-order valence-corrected chi connectivity index (χ1v) is 12.1. The Kier molecular flexibility index (Phi) is 8.39. The highest BCUT2D eigenvalue weighted by molar-refractivity contribution is 8.19. The van der Waals surface area contributed by atoms with Crippen molar-refractivity contribution in [1.82, 2.24) is 0 Å². The van der Waals surface area contributed by atoms with Gasteiger partial charge in [0.2, 0.25) is 0 Å². The average Bonchev–Trinajstić information content (AvgIpc) is 3.10. The number of imide groups is 1. The van der Waals surface area contributed by atoms with Crippen LogP contribution in [0.25, 0.3) is 6.08 Å². The molecule has 3 rings (SSSR count). The number of anilines is 1. The van der Waals surface area contributed by atoms with Crippen molar-refractivity contribution in [3.63, 3.8) is 0 Å². The maximum atomic E-state index is 13.0. The Labute approximate surface area is 203 Å². The van der Waals surface area contributed by atoms with Crippen LogP contribution in [0, 0.1) is 0 Å². The highest BCUT2D eigenvalue weighted by Crippen LogP contribution is 2.37. The Morgan fingerprint density at radius 2 is 1.76 bits per heavy atom. The molecule has 0 radical (unpaired) electrons. The summed E-state index contributed by atoms with van der Waals surface area (Å²) >= 11 is 0.877. The summed E-state index contributed by atoms with van der Waals surface area (Å²) in [5, 5.41) is 8.92. The van der Waals surface area contributed by atoms with E-state index in [2.05, 4.69) is 13.8 Å². The Hall–Kier alpha value is -3.26. The van der Waals surface area contributed by atoms with Crippen molar-refractivity contribution in [2.24, 2.45) is 0 Å². The molecule has 1 N–H and O–H groups in total. The lowest BCUT2D eigenvalue weighted by atomic mass is 9.98. The SMILES string of the molecule is CCOc1cc(/C=C2/SC(=O)N(c3ccc(C(C)CC)cc3)C2=O)ccc1OC(CC)C(=O)O. The van der Waals surface area contributed by atoms with Crippen LogP contribution in [-0.4, -0.2) is 34.9 Å². The molecule has 0 saturated carbocycles. The number of aliphatic carboxylic acids is 1. The molecule has 0 aromatic heterocycles. The molecule has 2 amide bonds. The molecule has 1 fully saturated rings. The first-order valence-electron chi connectivity index (χ1n) is 11.3. The molecule has 0 aliphatic carbocycles. The molecule has 2 unspecified atom stereocenters. The minimum Gasteiger partial charge on any atom is -0.490 e. The highest BCUT2D eigenvalue weighted by atomic mass is 32.2. The highest BCUT2D eigenvalue weighted by Gasteiger charge is 2.36. The second-order valence-corrected chi connectivity index (χ2v) is 8.90. The molecule has 2 aromatic carbocycles. The van der Waals surface area contributed by atoms with Crippen molar-refractivity contribution in [1.29, 1.82) is 0 Å². The quantitative estimate of drug-likeness (QED) is 0.409. The van der Waals surface area contributed by atoms with Gasteiger partial charge in [-0.25, -0.2) is 9.69 Å². The van der Waals surface area contributed by atoms with Crippen LogP contribution in [0.5, 0.6) is 11.5 Å². The molecular formula is C26H29NO6S. The van der Waals surface area contributed by atoms with E-state index in [1.54, 1.807) is 43.3 Å². The van der Waals surface area contributed by atoms with Crippen LogP contribution in [0.3, 0.4) is 0 Å². The summed E-state index contributed by atoms with van der Waals surface area (Å²) in [4.78, 5) is 38.5. The van der Waals surface area contributed by atoms with Crippen LogP contribution in [-0.2, 0) is 9.59 Å². The Bertz CT molecular complexity index is 1090. The summed E-state index contributed by atoms with van der Waals surface area (Å²) in [5.41, 5.74) is 2.33. The van der Waals surface area contributed by atoms with E-state index in [1.807, 2.05) is 19.1 Å². The molecule has 8 heteroatoms. The Morgan fingerprint density at radius 3 is 2.35 bits per heavy atom. The topological polar surface area (TPSA) is 93.1 Å². The zero-order valence-corrected chi connectivity index (χ0v) is 20.6. The number of rotatable bonds is 10. The minimum absolute atomic E-state index is 0.295. The summed E-state index contributed by atoms with van der Waals surface area (Å²) in [6.07, 6.45) is 1.94. The molecule has 0 bridgehead atoms. The van der Waals surface area contributed by atoms with Crippen LogP contribution >= 0.6 is 11.8 Å². The number of carboxylic acid groups (broad SMARTS) is 1. The number of carbonyl (C=O) groups is 3. The van der Waals surface area contributed by atoms with Crippen molar-refractivity contribution in [2.75, 3.05) is 11.5 Å². The van der Waals surface area contributed by atoms with Crippen molar-refractivity contribution < 1.29 is 29.0 Å². The van der Waals surface area contributed by atoms with Gasteiger partial charge in [-0.1, -0.05) is 39.0 Å². The number of ether oxygens (including phenoxy) is 2. The number of carboxylic acids is 1. The number of amides is 2. The smallest absolute Gasteiger partial charge is 0.344 e. The van der Waals surface area contributed by atoms with Gasteiger partial charge < -0.3 is 14.6 Å². The van der Waals surface area contributed by atoms with E-state index in [-0.39, 0.29) is 11.1 Å². The number of benzene rings is 2. The largest absolute Gasteiger partial charge is 0.490 e. The molecule has 1 aliphatic heterocycles. The number of thioether (sulfide) groups is 1. The van der Waals surface area contributed by atoms with Crippen molar-refractivity contribution in [3.8, 4) is 11.5 Å². The zero-order valence-electron chi connectivity index (χ0n) is 19.7. The third kappa shape index (κ3) is 5.62. The molecule has 1 saturated heterocycles. The van der Waals surface area contributed by atoms with Gasteiger partial charge in [0.25, 0.3) is 11.1 Å². The fourth-order valence-corrected chi connectivity index (χ4v) is 4.31. The van der Waals surface area contributed by atoms with Crippen molar-refractivity contribution in [3.05, 3.63) is 58.5 Å². The van der Waals surface area contributed by atoms with E-state index < -0.39 is 12.1 Å². The lowest BCUT2D eigenvalue weighted by Gasteiger charge is -2.17. The third-order valence-electron chi connectivity index (χ3n) is 5.61. The number of carbonyl (C=O) groups excluding carboxylic acids is 2. The van der Waals surface area contributed by atoms with E-state index in [0.717, 1.165) is 23.7 Å². The van der Waals surface area contributed by atoms with Gasteiger partial charge in [0, 0.05) is 0 Å². The molecule has 34 heavy (non-hydrogen) atoms. The first kappa shape index (κ1) is 25.4. The van der Waals surface area contributed by atoms with Gasteiger partial charge in [-0.05, 0) is 78.9 Å². The van der Waals surface area contributed by atoms with Crippen LogP contribution in [0.1, 0.15) is 57.6 Å². The second kappa shape index (κ2) is 11.2. The van der Waals surface area contributed by atoms with Crippen LogP contribution in [0.15, 0.2) is 47.4 Å². The van der Waals surface area contributed by atoms with Crippen LogP contribution < -0.4 is 14.4 Å². The molecular weight excluding hydrogens is 454 g/mol. The van der Waals surface area contributed by atoms with Gasteiger partial charge in [0.05, 0.1) is 17.2 Å². The predicted molar refractivity (Wildman–Crippen MR) is 134 cm³/mol. The molecule has 2 atom stereocenters. The molecule has 1 aliphatic rings. The van der Waals surface area contributed by atoms with E-state index >= 15 is 0 Å². The monoisotopic (exact) mass is 483 g/mol. The van der Waals surface area contributed by atoms with Gasteiger partial charge in [-0.3, -0.25) is 9.59 Å².